The number of hydrogen-bond donors (Lipinski definition) is 2. The van der Waals surface area contributed by atoms with Crippen LogP contribution in [-0.2, 0) is 6.61 Å². The number of halogens is 1. The summed E-state index contributed by atoms with van der Waals surface area (Å²) >= 11 is 3.38. The standard InChI is InChI=1S/C13H12BrN3O/c14-11-3-1-9(2-4-11)8-18-12-7-10(13(15)16)5-6-17-12/h1-7H,8H2,(H3,15,16). The molecule has 0 fully saturated rings. The second-order valence-electron chi connectivity index (χ2n) is 3.71. The van der Waals surface area contributed by atoms with Gasteiger partial charge in [-0.1, -0.05) is 28.1 Å². The van der Waals surface area contributed by atoms with E-state index in [0.717, 1.165) is 10.0 Å². The monoisotopic (exact) mass is 305 g/mol. The predicted molar refractivity (Wildman–Crippen MR) is 73.7 cm³/mol. The second kappa shape index (κ2) is 5.64. The van der Waals surface area contributed by atoms with E-state index in [1.165, 1.54) is 0 Å². The van der Waals surface area contributed by atoms with Crippen molar-refractivity contribution in [2.24, 2.45) is 5.73 Å². The maximum atomic E-state index is 7.34. The highest BCUT2D eigenvalue weighted by Gasteiger charge is 2.01. The molecule has 0 amide bonds. The van der Waals surface area contributed by atoms with Crippen LogP contribution < -0.4 is 10.5 Å². The summed E-state index contributed by atoms with van der Waals surface area (Å²) in [5.41, 5.74) is 7.06. The average Bonchev–Trinajstić information content (AvgIpc) is 2.38. The molecule has 0 bridgehead atoms. The Bertz CT molecular complexity index is 554. The van der Waals surface area contributed by atoms with E-state index in [-0.39, 0.29) is 5.84 Å². The first kappa shape index (κ1) is 12.6. The average molecular weight is 306 g/mol. The number of amidine groups is 1. The number of nitrogens with two attached hydrogens (primary N) is 1. The first-order valence-electron chi connectivity index (χ1n) is 5.33. The van der Waals surface area contributed by atoms with E-state index in [1.54, 1.807) is 18.3 Å². The molecule has 18 heavy (non-hydrogen) atoms. The van der Waals surface area contributed by atoms with E-state index in [0.29, 0.717) is 18.1 Å². The van der Waals surface area contributed by atoms with Gasteiger partial charge in [0.25, 0.3) is 0 Å². The van der Waals surface area contributed by atoms with Crippen molar-refractivity contribution >= 4 is 21.8 Å². The number of benzene rings is 1. The summed E-state index contributed by atoms with van der Waals surface area (Å²) in [7, 11) is 0. The number of hydrogen-bond acceptors (Lipinski definition) is 3. The van der Waals surface area contributed by atoms with Crippen molar-refractivity contribution in [3.63, 3.8) is 0 Å². The molecule has 0 radical (unpaired) electrons. The lowest BCUT2D eigenvalue weighted by molar-refractivity contribution is 0.294. The number of ether oxygens (including phenoxy) is 1. The smallest absolute Gasteiger partial charge is 0.214 e. The van der Waals surface area contributed by atoms with Crippen molar-refractivity contribution in [3.05, 3.63) is 58.2 Å². The van der Waals surface area contributed by atoms with Crippen molar-refractivity contribution in [3.8, 4) is 5.88 Å². The number of nitrogens with zero attached hydrogens (tertiary/aromatic N) is 1. The topological polar surface area (TPSA) is 72.0 Å². The van der Waals surface area contributed by atoms with Gasteiger partial charge in [-0.25, -0.2) is 4.98 Å². The molecular formula is C13H12BrN3O. The molecule has 0 saturated carbocycles. The van der Waals surface area contributed by atoms with Gasteiger partial charge >= 0.3 is 0 Å². The van der Waals surface area contributed by atoms with Gasteiger partial charge < -0.3 is 10.5 Å². The first-order chi connectivity index (χ1) is 8.65. The quantitative estimate of drug-likeness (QED) is 0.674. The van der Waals surface area contributed by atoms with Crippen LogP contribution in [0.4, 0.5) is 0 Å². The van der Waals surface area contributed by atoms with Crippen LogP contribution in [0.2, 0.25) is 0 Å². The molecule has 0 aliphatic heterocycles. The molecule has 4 nitrogen and oxygen atoms in total. The van der Waals surface area contributed by atoms with Crippen molar-refractivity contribution in [2.45, 2.75) is 6.61 Å². The van der Waals surface area contributed by atoms with Gasteiger partial charge in [0.15, 0.2) is 0 Å². The number of rotatable bonds is 4. The van der Waals surface area contributed by atoms with Crippen LogP contribution in [0.1, 0.15) is 11.1 Å². The van der Waals surface area contributed by atoms with Crippen LogP contribution in [0.3, 0.4) is 0 Å². The Kier molecular flexibility index (Phi) is 3.94. The van der Waals surface area contributed by atoms with E-state index in [1.807, 2.05) is 24.3 Å². The van der Waals surface area contributed by atoms with Crippen molar-refractivity contribution in [1.29, 1.82) is 5.41 Å². The molecule has 1 heterocycles. The van der Waals surface area contributed by atoms with Gasteiger partial charge in [0, 0.05) is 22.3 Å². The molecule has 5 heteroatoms. The van der Waals surface area contributed by atoms with Gasteiger partial charge in [-0.3, -0.25) is 5.41 Å². The summed E-state index contributed by atoms with van der Waals surface area (Å²) in [6.07, 6.45) is 1.58. The normalized spacial score (nSPS) is 10.1. The summed E-state index contributed by atoms with van der Waals surface area (Å²) in [5.74, 6) is 0.469. The lowest BCUT2D eigenvalue weighted by Crippen LogP contribution is -2.11. The maximum Gasteiger partial charge on any atom is 0.214 e. The lowest BCUT2D eigenvalue weighted by Gasteiger charge is -2.06. The molecule has 92 valence electrons. The van der Waals surface area contributed by atoms with Crippen LogP contribution in [0.15, 0.2) is 47.1 Å². The predicted octanol–water partition coefficient (Wildman–Crippen LogP) is 2.71. The zero-order chi connectivity index (χ0) is 13.0. The van der Waals surface area contributed by atoms with Gasteiger partial charge in [0.2, 0.25) is 5.88 Å². The minimum atomic E-state index is 0.00546. The number of pyridine rings is 1. The molecule has 1 aromatic carbocycles. The van der Waals surface area contributed by atoms with Crippen LogP contribution in [0, 0.1) is 5.41 Å². The number of nitrogens with one attached hydrogen (secondary N) is 1. The van der Waals surface area contributed by atoms with Crippen LogP contribution >= 0.6 is 15.9 Å². The van der Waals surface area contributed by atoms with Gasteiger partial charge in [-0.2, -0.15) is 0 Å². The highest BCUT2D eigenvalue weighted by molar-refractivity contribution is 9.10. The Morgan fingerprint density at radius 2 is 2.00 bits per heavy atom. The fraction of sp³-hybridized carbons (Fsp3) is 0.0769. The van der Waals surface area contributed by atoms with Gasteiger partial charge in [-0.05, 0) is 23.8 Å². The minimum Gasteiger partial charge on any atom is -0.473 e. The summed E-state index contributed by atoms with van der Waals surface area (Å²) in [6.45, 7) is 0.432. The van der Waals surface area contributed by atoms with E-state index in [9.17, 15) is 0 Å². The zero-order valence-corrected chi connectivity index (χ0v) is 11.1. The van der Waals surface area contributed by atoms with E-state index in [4.69, 9.17) is 15.9 Å². The van der Waals surface area contributed by atoms with Crippen LogP contribution in [-0.4, -0.2) is 10.8 Å². The molecule has 0 saturated heterocycles. The van der Waals surface area contributed by atoms with Crippen LogP contribution in [0.5, 0.6) is 5.88 Å². The molecule has 2 rings (SSSR count). The number of aromatic nitrogens is 1. The molecule has 0 atom stereocenters. The highest BCUT2D eigenvalue weighted by Crippen LogP contribution is 2.14. The van der Waals surface area contributed by atoms with E-state index in [2.05, 4.69) is 20.9 Å². The zero-order valence-electron chi connectivity index (χ0n) is 9.56. The summed E-state index contributed by atoms with van der Waals surface area (Å²) < 4.78 is 6.57. The summed E-state index contributed by atoms with van der Waals surface area (Å²) in [4.78, 5) is 4.07. The summed E-state index contributed by atoms with van der Waals surface area (Å²) in [6, 6.07) is 11.2. The van der Waals surface area contributed by atoms with Crippen LogP contribution in [0.25, 0.3) is 0 Å². The van der Waals surface area contributed by atoms with Crippen molar-refractivity contribution in [2.75, 3.05) is 0 Å². The Balaban J connectivity index is 2.04. The third kappa shape index (κ3) is 3.30. The van der Waals surface area contributed by atoms with Gasteiger partial charge in [0.05, 0.1) is 0 Å². The fourth-order valence-corrected chi connectivity index (χ4v) is 1.66. The van der Waals surface area contributed by atoms with Gasteiger partial charge in [0.1, 0.15) is 12.4 Å². The lowest BCUT2D eigenvalue weighted by atomic mass is 10.2. The molecule has 2 aromatic rings. The first-order valence-corrected chi connectivity index (χ1v) is 6.12. The molecule has 0 spiro atoms. The van der Waals surface area contributed by atoms with E-state index < -0.39 is 0 Å². The Labute approximate surface area is 113 Å². The largest absolute Gasteiger partial charge is 0.473 e. The van der Waals surface area contributed by atoms with Crippen molar-refractivity contribution < 1.29 is 4.74 Å². The fourth-order valence-electron chi connectivity index (χ4n) is 1.39. The Hall–Kier alpha value is -1.88. The molecule has 0 unspecified atom stereocenters. The van der Waals surface area contributed by atoms with Gasteiger partial charge in [-0.15, -0.1) is 0 Å². The third-order valence-corrected chi connectivity index (χ3v) is 2.87. The molecule has 3 N–H and O–H groups in total. The minimum absolute atomic E-state index is 0.00546. The highest BCUT2D eigenvalue weighted by atomic mass is 79.9. The SMILES string of the molecule is N=C(N)c1ccnc(OCc2ccc(Br)cc2)c1. The molecule has 1 aromatic heterocycles. The molecular weight excluding hydrogens is 294 g/mol. The molecule has 0 aliphatic carbocycles. The second-order valence-corrected chi connectivity index (χ2v) is 4.63. The summed E-state index contributed by atoms with van der Waals surface area (Å²) in [5, 5.41) is 7.34. The Morgan fingerprint density at radius 3 is 2.67 bits per heavy atom. The van der Waals surface area contributed by atoms with Crippen molar-refractivity contribution in [1.82, 2.24) is 4.98 Å². The third-order valence-electron chi connectivity index (χ3n) is 2.35. The maximum absolute atomic E-state index is 7.34. The number of nitrogen functional groups attached to an aromatic ring is 1. The van der Waals surface area contributed by atoms with E-state index >= 15 is 0 Å². The Morgan fingerprint density at radius 1 is 1.28 bits per heavy atom. The molecule has 0 aliphatic rings.